The van der Waals surface area contributed by atoms with E-state index >= 15 is 0 Å². The predicted octanol–water partition coefficient (Wildman–Crippen LogP) is 3.79. The van der Waals surface area contributed by atoms with Crippen LogP contribution >= 0.6 is 0 Å². The Kier molecular flexibility index (Phi) is 2.85. The van der Waals surface area contributed by atoms with Gasteiger partial charge in [0.1, 0.15) is 5.65 Å². The number of hydrogen-bond acceptors (Lipinski definition) is 2. The maximum Gasteiger partial charge on any atom is 0.253 e. The van der Waals surface area contributed by atoms with E-state index in [4.69, 9.17) is 0 Å². The third-order valence-corrected chi connectivity index (χ3v) is 4.33. The third kappa shape index (κ3) is 1.97. The Morgan fingerprint density at radius 2 is 1.86 bits per heavy atom. The average Bonchev–Trinajstić information content (AvgIpc) is 2.49. The van der Waals surface area contributed by atoms with Gasteiger partial charge in [0.15, 0.2) is 0 Å². The standard InChI is InChI=1S/C18H16N2O/c21-17-12-16(13-6-2-1-3-7-13)15-10-5-11-19-18(15)20(17)14-8-4-9-14/h1-3,5-7,10-12,14H,4,8-9H2. The van der Waals surface area contributed by atoms with Crippen LogP contribution in [0, 0.1) is 0 Å². The fourth-order valence-electron chi connectivity index (χ4n) is 3.03. The molecule has 1 saturated carbocycles. The van der Waals surface area contributed by atoms with Gasteiger partial charge in [0.25, 0.3) is 5.56 Å². The molecule has 3 aromatic rings. The van der Waals surface area contributed by atoms with E-state index in [1.54, 1.807) is 12.3 Å². The van der Waals surface area contributed by atoms with Crippen molar-refractivity contribution in [2.75, 3.05) is 0 Å². The molecule has 0 N–H and O–H groups in total. The van der Waals surface area contributed by atoms with E-state index in [0.717, 1.165) is 35.0 Å². The maximum atomic E-state index is 12.6. The lowest BCUT2D eigenvalue weighted by molar-refractivity contribution is 0.313. The van der Waals surface area contributed by atoms with Gasteiger partial charge in [-0.25, -0.2) is 4.98 Å². The molecule has 0 spiro atoms. The van der Waals surface area contributed by atoms with Crippen LogP contribution < -0.4 is 5.56 Å². The zero-order valence-electron chi connectivity index (χ0n) is 11.7. The number of aromatic nitrogens is 2. The molecule has 0 bridgehead atoms. The van der Waals surface area contributed by atoms with Crippen LogP contribution in [0.4, 0.5) is 0 Å². The summed E-state index contributed by atoms with van der Waals surface area (Å²) < 4.78 is 1.88. The summed E-state index contributed by atoms with van der Waals surface area (Å²) in [5.41, 5.74) is 2.91. The normalized spacial score (nSPS) is 15.0. The Labute approximate surface area is 122 Å². The van der Waals surface area contributed by atoms with Crippen LogP contribution in [-0.2, 0) is 0 Å². The lowest BCUT2D eigenvalue weighted by atomic mass is 9.92. The first-order valence-corrected chi connectivity index (χ1v) is 7.40. The number of nitrogens with zero attached hydrogens (tertiary/aromatic N) is 2. The summed E-state index contributed by atoms with van der Waals surface area (Å²) in [7, 11) is 0. The van der Waals surface area contributed by atoms with Crippen LogP contribution in [-0.4, -0.2) is 9.55 Å². The summed E-state index contributed by atoms with van der Waals surface area (Å²) in [6.45, 7) is 0. The van der Waals surface area contributed by atoms with Crippen molar-refractivity contribution < 1.29 is 0 Å². The summed E-state index contributed by atoms with van der Waals surface area (Å²) in [5.74, 6) is 0. The number of pyridine rings is 2. The van der Waals surface area contributed by atoms with Crippen LogP contribution in [0.3, 0.4) is 0 Å². The highest BCUT2D eigenvalue weighted by Gasteiger charge is 2.23. The van der Waals surface area contributed by atoms with Gasteiger partial charge >= 0.3 is 0 Å². The van der Waals surface area contributed by atoms with Crippen molar-refractivity contribution in [2.24, 2.45) is 0 Å². The first kappa shape index (κ1) is 12.3. The highest BCUT2D eigenvalue weighted by molar-refractivity contribution is 5.92. The van der Waals surface area contributed by atoms with Crippen molar-refractivity contribution >= 4 is 11.0 Å². The van der Waals surface area contributed by atoms with E-state index in [1.807, 2.05) is 41.0 Å². The Morgan fingerprint density at radius 1 is 1.05 bits per heavy atom. The Hall–Kier alpha value is -2.42. The van der Waals surface area contributed by atoms with Gasteiger partial charge < -0.3 is 0 Å². The molecular formula is C18H16N2O. The second-order valence-corrected chi connectivity index (χ2v) is 5.59. The largest absolute Gasteiger partial charge is 0.290 e. The molecule has 3 heteroatoms. The predicted molar refractivity (Wildman–Crippen MR) is 84.3 cm³/mol. The Balaban J connectivity index is 2.04. The monoisotopic (exact) mass is 276 g/mol. The lowest BCUT2D eigenvalue weighted by Crippen LogP contribution is -2.29. The van der Waals surface area contributed by atoms with E-state index in [9.17, 15) is 4.79 Å². The number of hydrogen-bond donors (Lipinski definition) is 0. The minimum Gasteiger partial charge on any atom is -0.290 e. The summed E-state index contributed by atoms with van der Waals surface area (Å²) in [4.78, 5) is 17.1. The van der Waals surface area contributed by atoms with Crippen molar-refractivity contribution in [3.8, 4) is 11.1 Å². The van der Waals surface area contributed by atoms with Gasteiger partial charge in [0, 0.05) is 23.7 Å². The van der Waals surface area contributed by atoms with Crippen LogP contribution in [0.15, 0.2) is 59.5 Å². The molecule has 2 aromatic heterocycles. The number of rotatable bonds is 2. The van der Waals surface area contributed by atoms with Crippen LogP contribution in [0.2, 0.25) is 0 Å². The average molecular weight is 276 g/mol. The van der Waals surface area contributed by atoms with Gasteiger partial charge in [-0.15, -0.1) is 0 Å². The summed E-state index contributed by atoms with van der Waals surface area (Å²) in [5, 5.41) is 1.05. The second-order valence-electron chi connectivity index (χ2n) is 5.59. The first-order valence-electron chi connectivity index (χ1n) is 7.40. The van der Waals surface area contributed by atoms with E-state index in [-0.39, 0.29) is 5.56 Å². The molecule has 0 unspecified atom stereocenters. The molecule has 0 saturated heterocycles. The molecule has 21 heavy (non-hydrogen) atoms. The van der Waals surface area contributed by atoms with E-state index in [2.05, 4.69) is 11.1 Å². The number of fused-ring (bicyclic) bond motifs is 1. The van der Waals surface area contributed by atoms with Crippen molar-refractivity contribution in [2.45, 2.75) is 25.3 Å². The molecule has 0 atom stereocenters. The molecule has 0 radical (unpaired) electrons. The molecule has 0 aliphatic heterocycles. The molecule has 1 aliphatic carbocycles. The van der Waals surface area contributed by atoms with Crippen LogP contribution in [0.5, 0.6) is 0 Å². The summed E-state index contributed by atoms with van der Waals surface area (Å²) in [6.07, 6.45) is 5.13. The van der Waals surface area contributed by atoms with Gasteiger partial charge in [0.05, 0.1) is 0 Å². The van der Waals surface area contributed by atoms with Crippen molar-refractivity contribution in [1.29, 1.82) is 0 Å². The Morgan fingerprint density at radius 3 is 2.57 bits per heavy atom. The second kappa shape index (κ2) is 4.85. The van der Waals surface area contributed by atoms with E-state index < -0.39 is 0 Å². The highest BCUT2D eigenvalue weighted by atomic mass is 16.1. The minimum absolute atomic E-state index is 0.0600. The molecular weight excluding hydrogens is 260 g/mol. The van der Waals surface area contributed by atoms with E-state index in [1.165, 1.54) is 6.42 Å². The van der Waals surface area contributed by atoms with Crippen molar-refractivity contribution in [1.82, 2.24) is 9.55 Å². The van der Waals surface area contributed by atoms with Crippen molar-refractivity contribution in [3.63, 3.8) is 0 Å². The first-order chi connectivity index (χ1) is 10.3. The van der Waals surface area contributed by atoms with Crippen molar-refractivity contribution in [3.05, 3.63) is 65.1 Å². The van der Waals surface area contributed by atoms with Gasteiger partial charge in [-0.05, 0) is 42.5 Å². The van der Waals surface area contributed by atoms with Crippen LogP contribution in [0.25, 0.3) is 22.2 Å². The van der Waals surface area contributed by atoms with Gasteiger partial charge in [-0.2, -0.15) is 0 Å². The molecule has 2 heterocycles. The minimum atomic E-state index is 0.0600. The van der Waals surface area contributed by atoms with Crippen LogP contribution in [0.1, 0.15) is 25.3 Å². The zero-order valence-corrected chi connectivity index (χ0v) is 11.7. The maximum absolute atomic E-state index is 12.6. The zero-order chi connectivity index (χ0) is 14.2. The molecule has 1 aromatic carbocycles. The quantitative estimate of drug-likeness (QED) is 0.713. The fraction of sp³-hybridized carbons (Fsp3) is 0.222. The number of benzene rings is 1. The van der Waals surface area contributed by atoms with E-state index in [0.29, 0.717) is 6.04 Å². The molecule has 1 aliphatic rings. The topological polar surface area (TPSA) is 34.9 Å². The molecule has 1 fully saturated rings. The molecule has 4 rings (SSSR count). The van der Waals surface area contributed by atoms with Gasteiger partial charge in [-0.1, -0.05) is 30.3 Å². The summed E-state index contributed by atoms with van der Waals surface area (Å²) in [6, 6.07) is 16.1. The lowest BCUT2D eigenvalue weighted by Gasteiger charge is -2.28. The third-order valence-electron chi connectivity index (χ3n) is 4.33. The highest BCUT2D eigenvalue weighted by Crippen LogP contribution is 2.34. The molecule has 3 nitrogen and oxygen atoms in total. The van der Waals surface area contributed by atoms with Gasteiger partial charge in [0.2, 0.25) is 0 Å². The summed E-state index contributed by atoms with van der Waals surface area (Å²) >= 11 is 0. The SMILES string of the molecule is O=c1cc(-c2ccccc2)c2cccnc2n1C1CCC1. The fourth-order valence-corrected chi connectivity index (χ4v) is 3.03. The van der Waals surface area contributed by atoms with Gasteiger partial charge in [-0.3, -0.25) is 9.36 Å². The smallest absolute Gasteiger partial charge is 0.253 e. The Bertz CT molecular complexity index is 848. The molecule has 0 amide bonds. The molecule has 104 valence electrons.